The second-order valence-electron chi connectivity index (χ2n) is 4.73. The van der Waals surface area contributed by atoms with Crippen LogP contribution in [-0.2, 0) is 9.59 Å². The second kappa shape index (κ2) is 7.56. The number of hydrogen-bond acceptors (Lipinski definition) is 2. The summed E-state index contributed by atoms with van der Waals surface area (Å²) in [6.07, 6.45) is 2.31. The number of rotatable bonds is 6. The largest absolute Gasteiger partial charge is 0.347 e. The Morgan fingerprint density at radius 2 is 1.84 bits per heavy atom. The molecule has 0 aliphatic carbocycles. The summed E-state index contributed by atoms with van der Waals surface area (Å²) in [4.78, 5) is 23.0. The van der Waals surface area contributed by atoms with E-state index in [4.69, 9.17) is 0 Å². The van der Waals surface area contributed by atoms with E-state index in [1.54, 1.807) is 0 Å². The van der Waals surface area contributed by atoms with Crippen LogP contribution in [0.1, 0.15) is 37.3 Å². The molecule has 0 aliphatic rings. The predicted octanol–water partition coefficient (Wildman–Crippen LogP) is 2.55. The van der Waals surface area contributed by atoms with Gasteiger partial charge in [-0.05, 0) is 43.5 Å². The van der Waals surface area contributed by atoms with Gasteiger partial charge in [-0.3, -0.25) is 9.59 Å². The van der Waals surface area contributed by atoms with Crippen LogP contribution in [0.3, 0.4) is 0 Å². The van der Waals surface area contributed by atoms with Gasteiger partial charge >= 0.3 is 0 Å². The molecule has 0 saturated carbocycles. The zero-order chi connectivity index (χ0) is 14.3. The van der Waals surface area contributed by atoms with Crippen LogP contribution in [0.15, 0.2) is 18.2 Å². The molecule has 0 bridgehead atoms. The summed E-state index contributed by atoms with van der Waals surface area (Å²) in [7, 11) is 0. The third kappa shape index (κ3) is 5.55. The molecule has 0 saturated heterocycles. The number of hydrogen-bond donors (Lipinski definition) is 2. The average molecular weight is 262 g/mol. The van der Waals surface area contributed by atoms with Crippen molar-refractivity contribution in [2.45, 2.75) is 40.0 Å². The molecule has 0 fully saturated rings. The van der Waals surface area contributed by atoms with Gasteiger partial charge in [0.25, 0.3) is 0 Å². The Hall–Kier alpha value is -1.84. The topological polar surface area (TPSA) is 58.2 Å². The molecular formula is C15H22N2O2. The minimum Gasteiger partial charge on any atom is -0.347 e. The average Bonchev–Trinajstić information content (AvgIpc) is 2.38. The van der Waals surface area contributed by atoms with E-state index in [1.165, 1.54) is 5.56 Å². The highest BCUT2D eigenvalue weighted by atomic mass is 16.2. The van der Waals surface area contributed by atoms with Crippen LogP contribution in [0, 0.1) is 13.8 Å². The van der Waals surface area contributed by atoms with Crippen molar-refractivity contribution in [3.05, 3.63) is 29.3 Å². The maximum absolute atomic E-state index is 11.7. The second-order valence-corrected chi connectivity index (χ2v) is 4.73. The van der Waals surface area contributed by atoms with Crippen molar-refractivity contribution < 1.29 is 9.59 Å². The number of amides is 2. The molecule has 0 aliphatic heterocycles. The quantitative estimate of drug-likeness (QED) is 0.827. The number of carbonyl (C=O) groups excluding carboxylic acids is 2. The first kappa shape index (κ1) is 15.2. The fourth-order valence-corrected chi connectivity index (χ4v) is 1.63. The van der Waals surface area contributed by atoms with E-state index in [-0.39, 0.29) is 18.4 Å². The Kier molecular flexibility index (Phi) is 6.06. The summed E-state index contributed by atoms with van der Waals surface area (Å²) in [5, 5.41) is 5.38. The number of anilines is 1. The highest BCUT2D eigenvalue weighted by Crippen LogP contribution is 2.13. The first-order valence-corrected chi connectivity index (χ1v) is 6.66. The summed E-state index contributed by atoms with van der Waals surface area (Å²) in [6.45, 7) is 6.07. The molecule has 0 radical (unpaired) electrons. The van der Waals surface area contributed by atoms with Crippen molar-refractivity contribution in [3.63, 3.8) is 0 Å². The van der Waals surface area contributed by atoms with E-state index >= 15 is 0 Å². The fourth-order valence-electron chi connectivity index (χ4n) is 1.63. The lowest BCUT2D eigenvalue weighted by atomic mass is 10.1. The van der Waals surface area contributed by atoms with Gasteiger partial charge in [0, 0.05) is 12.1 Å². The molecule has 0 heterocycles. The molecule has 0 aromatic heterocycles. The summed E-state index contributed by atoms with van der Waals surface area (Å²) in [5.41, 5.74) is 3.08. The van der Waals surface area contributed by atoms with Crippen LogP contribution in [0.25, 0.3) is 0 Å². The van der Waals surface area contributed by atoms with Crippen LogP contribution in [0.2, 0.25) is 0 Å². The molecule has 19 heavy (non-hydrogen) atoms. The van der Waals surface area contributed by atoms with Crippen LogP contribution in [0.5, 0.6) is 0 Å². The maximum atomic E-state index is 11.7. The molecule has 104 valence electrons. The van der Waals surface area contributed by atoms with Gasteiger partial charge in [-0.25, -0.2) is 0 Å². The van der Waals surface area contributed by atoms with Crippen LogP contribution >= 0.6 is 0 Å². The minimum absolute atomic E-state index is 0.0233. The SMILES string of the molecule is CCCCC(=O)NCC(=O)Nc1ccc(C)c(C)c1. The zero-order valence-corrected chi connectivity index (χ0v) is 11.9. The molecule has 4 heteroatoms. The van der Waals surface area contributed by atoms with Gasteiger partial charge in [0.05, 0.1) is 6.54 Å². The van der Waals surface area contributed by atoms with E-state index in [0.717, 1.165) is 24.1 Å². The normalized spacial score (nSPS) is 10.1. The van der Waals surface area contributed by atoms with Gasteiger partial charge < -0.3 is 10.6 Å². The molecule has 1 aromatic carbocycles. The molecule has 2 amide bonds. The lowest BCUT2D eigenvalue weighted by Gasteiger charge is -2.08. The van der Waals surface area contributed by atoms with Crippen molar-refractivity contribution >= 4 is 17.5 Å². The molecule has 4 nitrogen and oxygen atoms in total. The lowest BCUT2D eigenvalue weighted by Crippen LogP contribution is -2.32. The summed E-state index contributed by atoms with van der Waals surface area (Å²) in [5.74, 6) is -0.273. The van der Waals surface area contributed by atoms with Crippen molar-refractivity contribution in [1.29, 1.82) is 0 Å². The van der Waals surface area contributed by atoms with Gasteiger partial charge in [-0.2, -0.15) is 0 Å². The molecule has 0 spiro atoms. The number of benzene rings is 1. The predicted molar refractivity (Wildman–Crippen MR) is 77.1 cm³/mol. The van der Waals surface area contributed by atoms with Crippen molar-refractivity contribution in [3.8, 4) is 0 Å². The van der Waals surface area contributed by atoms with Gasteiger partial charge in [-0.1, -0.05) is 19.4 Å². The molecule has 2 N–H and O–H groups in total. The fraction of sp³-hybridized carbons (Fsp3) is 0.467. The Morgan fingerprint density at radius 3 is 2.47 bits per heavy atom. The third-order valence-electron chi connectivity index (χ3n) is 2.99. The van der Waals surface area contributed by atoms with Crippen molar-refractivity contribution in [1.82, 2.24) is 5.32 Å². The maximum Gasteiger partial charge on any atom is 0.243 e. The number of unbranched alkanes of at least 4 members (excludes halogenated alkanes) is 1. The highest BCUT2D eigenvalue weighted by molar-refractivity contribution is 5.94. The summed E-state index contributed by atoms with van der Waals surface area (Å²) < 4.78 is 0. The zero-order valence-electron chi connectivity index (χ0n) is 11.9. The summed E-state index contributed by atoms with van der Waals surface area (Å²) >= 11 is 0. The van der Waals surface area contributed by atoms with Gasteiger partial charge in [0.15, 0.2) is 0 Å². The Morgan fingerprint density at radius 1 is 1.11 bits per heavy atom. The van der Waals surface area contributed by atoms with Crippen molar-refractivity contribution in [2.75, 3.05) is 11.9 Å². The Bertz CT molecular complexity index is 455. The Labute approximate surface area is 114 Å². The van der Waals surface area contributed by atoms with Crippen LogP contribution < -0.4 is 10.6 Å². The van der Waals surface area contributed by atoms with Gasteiger partial charge in [0.1, 0.15) is 0 Å². The molecule has 0 unspecified atom stereocenters. The first-order valence-electron chi connectivity index (χ1n) is 6.66. The number of carbonyl (C=O) groups is 2. The van der Waals surface area contributed by atoms with Gasteiger partial charge in [-0.15, -0.1) is 0 Å². The van der Waals surface area contributed by atoms with Crippen molar-refractivity contribution in [2.24, 2.45) is 0 Å². The third-order valence-corrected chi connectivity index (χ3v) is 2.99. The Balaban J connectivity index is 2.38. The molecule has 0 atom stereocenters. The molecule has 1 rings (SSSR count). The lowest BCUT2D eigenvalue weighted by molar-refractivity contribution is -0.124. The highest BCUT2D eigenvalue weighted by Gasteiger charge is 2.06. The van der Waals surface area contributed by atoms with E-state index in [1.807, 2.05) is 39.0 Å². The first-order chi connectivity index (χ1) is 9.02. The molecular weight excluding hydrogens is 240 g/mol. The van der Waals surface area contributed by atoms with Crippen LogP contribution in [-0.4, -0.2) is 18.4 Å². The molecule has 1 aromatic rings. The van der Waals surface area contributed by atoms with E-state index in [9.17, 15) is 9.59 Å². The van der Waals surface area contributed by atoms with E-state index < -0.39 is 0 Å². The number of aryl methyl sites for hydroxylation is 2. The van der Waals surface area contributed by atoms with E-state index in [0.29, 0.717) is 6.42 Å². The standard InChI is InChI=1S/C15H22N2O2/c1-4-5-6-14(18)16-10-15(19)17-13-8-7-11(2)12(3)9-13/h7-9H,4-6,10H2,1-3H3,(H,16,18)(H,17,19). The number of nitrogens with one attached hydrogen (secondary N) is 2. The summed E-state index contributed by atoms with van der Waals surface area (Å²) in [6, 6.07) is 5.75. The van der Waals surface area contributed by atoms with Gasteiger partial charge in [0.2, 0.25) is 11.8 Å². The minimum atomic E-state index is -0.201. The smallest absolute Gasteiger partial charge is 0.243 e. The van der Waals surface area contributed by atoms with E-state index in [2.05, 4.69) is 10.6 Å². The van der Waals surface area contributed by atoms with Crippen LogP contribution in [0.4, 0.5) is 5.69 Å². The monoisotopic (exact) mass is 262 g/mol.